The molecule has 0 saturated carbocycles. The molecular formula is C54H70N10O17S. The number of hydrogen-bond acceptors (Lipinski definition) is 14. The molecule has 0 aliphatic carbocycles. The molecule has 1 aromatic heterocycles. The number of H-pyrrole nitrogens is 1. The number of aromatic amines is 1. The molecule has 0 aliphatic heterocycles. The van der Waals surface area contributed by atoms with Gasteiger partial charge in [0.1, 0.15) is 48.0 Å². The van der Waals surface area contributed by atoms with Crippen molar-refractivity contribution in [2.75, 3.05) is 13.6 Å². The summed E-state index contributed by atoms with van der Waals surface area (Å²) in [5, 5.41) is 37.4. The van der Waals surface area contributed by atoms with Gasteiger partial charge in [-0.3, -0.25) is 57.3 Å². The minimum atomic E-state index is -4.90. The number of hydrogen-bond donors (Lipinski definition) is 12. The number of primary amides is 1. The number of aromatic nitrogens is 1. The van der Waals surface area contributed by atoms with Crippen LogP contribution >= 0.6 is 0 Å². The molecular weight excluding hydrogens is 1090 g/mol. The zero-order valence-electron chi connectivity index (χ0n) is 45.6. The quantitative estimate of drug-likeness (QED) is 0.0275. The van der Waals surface area contributed by atoms with Crippen LogP contribution in [0.25, 0.3) is 10.9 Å². The molecule has 0 bridgehead atoms. The fourth-order valence-electron chi connectivity index (χ4n) is 8.61. The highest BCUT2D eigenvalue weighted by molar-refractivity contribution is 7.81. The largest absolute Gasteiger partial charge is 0.481 e. The third-order valence-corrected chi connectivity index (χ3v) is 13.2. The number of rotatable bonds is 34. The number of para-hydroxylation sites is 1. The maximum absolute atomic E-state index is 14.5. The van der Waals surface area contributed by atoms with Gasteiger partial charge in [-0.25, -0.2) is 0 Å². The Labute approximate surface area is 472 Å². The van der Waals surface area contributed by atoms with Gasteiger partial charge >= 0.3 is 22.3 Å². The second-order valence-electron chi connectivity index (χ2n) is 19.3. The average molecular weight is 1160 g/mol. The van der Waals surface area contributed by atoms with Crippen molar-refractivity contribution in [3.63, 3.8) is 0 Å². The van der Waals surface area contributed by atoms with E-state index in [4.69, 9.17) is 10.3 Å². The molecule has 0 unspecified atom stereocenters. The number of nitrogens with two attached hydrogens (primary N) is 1. The maximum Gasteiger partial charge on any atom is 0.446 e. The summed E-state index contributed by atoms with van der Waals surface area (Å²) >= 11 is 0. The standard InChI is InChI=1S/C54H70N10O17S/c1-5-7-17-38(60-50(73)41(63-52(75)43(27-46(67)68)58-31(3)65)25-33-20-22-35(23-21-33)81-82(78,79)80)49(72)57-30-45(66)59-42(26-34-29-56-37-19-13-12-16-36(34)37)51(74)61-39(18-8-6-2)54(77)64(4)44(28-47(69)70)53(76)62-40(48(55)71)24-32-14-10-9-11-15-32/h9-16,19-23,29,38-44,56H,5-8,17-18,24-28,30H2,1-4H3,(H2,55,71)(H,57,72)(H,58,65)(H,59,66)(H,60,73)(H,61,74)(H,62,76)(H,63,75)(H,67,68)(H,69,70)(H,78,79,80)/t38-,39-,40-,41-,42-,43-,44-/m0/s1. The molecule has 0 radical (unpaired) electrons. The number of fused-ring (bicyclic) bond motifs is 1. The van der Waals surface area contributed by atoms with Gasteiger partial charge in [0.05, 0.1) is 19.4 Å². The summed E-state index contributed by atoms with van der Waals surface area (Å²) in [5.41, 5.74) is 7.77. The Kier molecular flexibility index (Phi) is 25.4. The summed E-state index contributed by atoms with van der Waals surface area (Å²) in [6.07, 6.45) is 1.03. The Bertz CT molecular complexity index is 3010. The van der Waals surface area contributed by atoms with E-state index in [2.05, 4.69) is 46.4 Å². The summed E-state index contributed by atoms with van der Waals surface area (Å²) in [4.78, 5) is 150. The van der Waals surface area contributed by atoms with Crippen LogP contribution < -0.4 is 47.1 Å². The maximum atomic E-state index is 14.5. The Hall–Kier alpha value is -8.92. The summed E-state index contributed by atoms with van der Waals surface area (Å²) in [7, 11) is -3.73. The molecule has 82 heavy (non-hydrogen) atoms. The highest BCUT2D eigenvalue weighted by atomic mass is 32.3. The zero-order valence-corrected chi connectivity index (χ0v) is 46.4. The predicted octanol–water partition coefficient (Wildman–Crippen LogP) is 0.0644. The molecule has 0 saturated heterocycles. The summed E-state index contributed by atoms with van der Waals surface area (Å²) in [6, 6.07) is 10.1. The number of carboxylic acids is 2. The Morgan fingerprint density at radius 3 is 1.72 bits per heavy atom. The normalized spacial score (nSPS) is 13.7. The molecule has 27 nitrogen and oxygen atoms in total. The lowest BCUT2D eigenvalue weighted by Crippen LogP contribution is -2.59. The first-order valence-electron chi connectivity index (χ1n) is 26.2. The highest BCUT2D eigenvalue weighted by Crippen LogP contribution is 2.21. The van der Waals surface area contributed by atoms with Crippen LogP contribution in [0.2, 0.25) is 0 Å². The van der Waals surface area contributed by atoms with Gasteiger partial charge in [-0.2, -0.15) is 8.42 Å². The number of carbonyl (C=O) groups is 11. The van der Waals surface area contributed by atoms with Crippen molar-refractivity contribution in [2.45, 2.75) is 134 Å². The van der Waals surface area contributed by atoms with Crippen LogP contribution in [0.15, 0.2) is 85.1 Å². The van der Waals surface area contributed by atoms with Gasteiger partial charge in [-0.1, -0.05) is 100 Å². The number of amides is 9. The van der Waals surface area contributed by atoms with E-state index >= 15 is 0 Å². The van der Waals surface area contributed by atoms with E-state index in [0.29, 0.717) is 47.7 Å². The first-order chi connectivity index (χ1) is 38.8. The number of benzene rings is 3. The lowest BCUT2D eigenvalue weighted by Gasteiger charge is -2.31. The fourth-order valence-corrected chi connectivity index (χ4v) is 8.97. The summed E-state index contributed by atoms with van der Waals surface area (Å²) in [5.74, 6) is -11.5. The van der Waals surface area contributed by atoms with Gasteiger partial charge in [-0.05, 0) is 47.7 Å². The Balaban J connectivity index is 1.58. The molecule has 28 heteroatoms. The van der Waals surface area contributed by atoms with Crippen LogP contribution in [0.3, 0.4) is 0 Å². The third kappa shape index (κ3) is 21.6. The molecule has 3 aromatic carbocycles. The molecule has 444 valence electrons. The smallest absolute Gasteiger partial charge is 0.446 e. The van der Waals surface area contributed by atoms with Gasteiger partial charge in [0.2, 0.25) is 53.2 Å². The third-order valence-electron chi connectivity index (χ3n) is 12.8. The number of carbonyl (C=O) groups excluding carboxylic acids is 9. The van der Waals surface area contributed by atoms with E-state index in [1.807, 2.05) is 6.92 Å². The number of nitrogens with zero attached hydrogens (tertiary/aromatic N) is 1. The van der Waals surface area contributed by atoms with Gasteiger partial charge in [0.15, 0.2) is 0 Å². The number of aliphatic carboxylic acids is 2. The topological polar surface area (TPSA) is 421 Å². The molecule has 0 fully saturated rings. The molecule has 4 rings (SSSR count). The van der Waals surface area contributed by atoms with Crippen molar-refractivity contribution in [1.29, 1.82) is 0 Å². The van der Waals surface area contributed by atoms with Crippen LogP contribution in [0.4, 0.5) is 0 Å². The van der Waals surface area contributed by atoms with Crippen LogP contribution in [0.5, 0.6) is 5.75 Å². The fraction of sp³-hybridized carbons (Fsp3) is 0.426. The van der Waals surface area contributed by atoms with Gasteiger partial charge in [-0.15, -0.1) is 0 Å². The van der Waals surface area contributed by atoms with Crippen LogP contribution in [0.1, 0.15) is 88.8 Å². The molecule has 1 heterocycles. The van der Waals surface area contributed by atoms with Crippen molar-refractivity contribution in [3.05, 3.63) is 102 Å². The van der Waals surface area contributed by atoms with Crippen LogP contribution in [-0.2, 0) is 82.4 Å². The van der Waals surface area contributed by atoms with Crippen molar-refractivity contribution < 1.29 is 80.1 Å². The summed E-state index contributed by atoms with van der Waals surface area (Å²) < 4.78 is 36.0. The average Bonchev–Trinajstić information content (AvgIpc) is 3.96. The number of carboxylic acid groups (broad SMARTS) is 2. The van der Waals surface area contributed by atoms with Crippen LogP contribution in [-0.4, -0.2) is 154 Å². The van der Waals surface area contributed by atoms with E-state index in [1.54, 1.807) is 67.7 Å². The van der Waals surface area contributed by atoms with E-state index < -0.39 is 137 Å². The van der Waals surface area contributed by atoms with E-state index in [0.717, 1.165) is 24.0 Å². The zero-order chi connectivity index (χ0) is 60.7. The van der Waals surface area contributed by atoms with Crippen molar-refractivity contribution >= 4 is 86.4 Å². The van der Waals surface area contributed by atoms with Gasteiger partial charge in [0, 0.05) is 50.3 Å². The number of unbranched alkanes of at least 4 members (excludes halogenated alkanes) is 2. The second kappa shape index (κ2) is 31.8. The molecule has 7 atom stereocenters. The first kappa shape index (κ1) is 65.6. The second-order valence-corrected chi connectivity index (χ2v) is 20.3. The predicted molar refractivity (Wildman–Crippen MR) is 294 cm³/mol. The SMILES string of the molecule is CCCC[C@H](NC(=O)[C@H](Cc1ccc(OS(=O)(=O)O)cc1)NC(=O)[C@H](CC(=O)O)NC(C)=O)C(=O)NCC(=O)N[C@@H](Cc1c[nH]c2ccccc12)C(=O)N[C@@H](CCCC)C(=O)N(C)[C@@H](CC(=O)O)C(=O)N[C@@H](Cc1ccccc1)C(N)=O. The van der Waals surface area contributed by atoms with E-state index in [-0.39, 0.29) is 43.4 Å². The minimum Gasteiger partial charge on any atom is -0.481 e. The molecule has 9 amide bonds. The number of likely N-dealkylation sites (N-methyl/N-ethyl adjacent to an activating group) is 1. The molecule has 13 N–H and O–H groups in total. The van der Waals surface area contributed by atoms with Crippen LogP contribution in [0, 0.1) is 0 Å². The van der Waals surface area contributed by atoms with Crippen molar-refractivity contribution in [1.82, 2.24) is 47.1 Å². The lowest BCUT2D eigenvalue weighted by molar-refractivity contribution is -0.147. The first-order valence-corrected chi connectivity index (χ1v) is 27.5. The number of nitrogens with one attached hydrogen (secondary N) is 8. The summed E-state index contributed by atoms with van der Waals surface area (Å²) in [6.45, 7) is 3.88. The minimum absolute atomic E-state index is 0.000465. The molecule has 0 aliphatic rings. The van der Waals surface area contributed by atoms with Gasteiger partial charge in [0.25, 0.3) is 0 Å². The highest BCUT2D eigenvalue weighted by Gasteiger charge is 2.37. The Morgan fingerprint density at radius 2 is 1.13 bits per heavy atom. The Morgan fingerprint density at radius 1 is 0.610 bits per heavy atom. The molecule has 4 aromatic rings. The molecule has 0 spiro atoms. The van der Waals surface area contributed by atoms with E-state index in [1.165, 1.54) is 19.2 Å². The monoisotopic (exact) mass is 1160 g/mol. The van der Waals surface area contributed by atoms with Crippen molar-refractivity contribution in [3.8, 4) is 5.75 Å². The van der Waals surface area contributed by atoms with E-state index in [9.17, 15) is 71.4 Å². The van der Waals surface area contributed by atoms with Gasteiger partial charge < -0.3 is 67.2 Å². The lowest BCUT2D eigenvalue weighted by atomic mass is 10.0. The van der Waals surface area contributed by atoms with Crippen molar-refractivity contribution in [2.24, 2.45) is 5.73 Å².